The number of aryl methyl sites for hydroxylation is 2. The van der Waals surface area contributed by atoms with Gasteiger partial charge in [-0.1, -0.05) is 64.2 Å². The standard InChI is InChI=1S/C38H46O8/c1-5-7-8-9-10-11-12-15-29-16-20-32(21-17-29)45-37(40)30-18-22-33(28(3)26-30)46-38(41)31-19-23-34(35(27-31)42-4)43-24-13-14-25-44-36(39)6-2/h6,16-23,26-27H,2,5,7-15,24-25H2,1,3-4H3. The van der Waals surface area contributed by atoms with Gasteiger partial charge in [-0.25, -0.2) is 14.4 Å². The van der Waals surface area contributed by atoms with Crippen molar-refractivity contribution in [2.45, 2.75) is 78.1 Å². The number of ether oxygens (including phenoxy) is 5. The average molecular weight is 631 g/mol. The van der Waals surface area contributed by atoms with E-state index in [1.165, 1.54) is 51.2 Å². The number of rotatable bonds is 20. The van der Waals surface area contributed by atoms with E-state index < -0.39 is 17.9 Å². The van der Waals surface area contributed by atoms with Crippen LogP contribution in [0, 0.1) is 6.92 Å². The zero-order valence-electron chi connectivity index (χ0n) is 27.3. The first-order chi connectivity index (χ1) is 22.3. The minimum Gasteiger partial charge on any atom is -0.493 e. The van der Waals surface area contributed by atoms with E-state index in [9.17, 15) is 14.4 Å². The smallest absolute Gasteiger partial charge is 0.343 e. The molecule has 0 aliphatic carbocycles. The van der Waals surface area contributed by atoms with Gasteiger partial charge in [0.1, 0.15) is 11.5 Å². The van der Waals surface area contributed by atoms with E-state index >= 15 is 0 Å². The molecule has 0 heterocycles. The molecule has 0 amide bonds. The number of unbranched alkanes of at least 4 members (excludes halogenated alkanes) is 7. The van der Waals surface area contributed by atoms with Gasteiger partial charge >= 0.3 is 17.9 Å². The molecule has 0 N–H and O–H groups in total. The Morgan fingerprint density at radius 1 is 0.696 bits per heavy atom. The fraction of sp³-hybridized carbons (Fsp3) is 0.395. The quantitative estimate of drug-likeness (QED) is 0.0530. The van der Waals surface area contributed by atoms with Crippen LogP contribution >= 0.6 is 0 Å². The van der Waals surface area contributed by atoms with Gasteiger partial charge in [0.05, 0.1) is 31.5 Å². The molecule has 0 atom stereocenters. The van der Waals surface area contributed by atoms with Crippen molar-refractivity contribution in [1.82, 2.24) is 0 Å². The molecule has 3 rings (SSSR count). The predicted octanol–water partition coefficient (Wildman–Crippen LogP) is 8.62. The molecule has 0 fully saturated rings. The summed E-state index contributed by atoms with van der Waals surface area (Å²) in [5.41, 5.74) is 2.47. The molecule has 0 aliphatic rings. The molecule has 0 aliphatic heterocycles. The molecule has 3 aromatic carbocycles. The lowest BCUT2D eigenvalue weighted by atomic mass is 10.0. The van der Waals surface area contributed by atoms with Crippen LogP contribution in [0.25, 0.3) is 0 Å². The zero-order chi connectivity index (χ0) is 33.1. The summed E-state index contributed by atoms with van der Waals surface area (Å²) in [6.45, 7) is 8.01. The molecule has 3 aromatic rings. The van der Waals surface area contributed by atoms with Crippen LogP contribution in [0.5, 0.6) is 23.0 Å². The second kappa shape index (κ2) is 19.7. The molecule has 246 valence electrons. The Labute approximate surface area is 272 Å². The van der Waals surface area contributed by atoms with Crippen molar-refractivity contribution in [3.8, 4) is 23.0 Å². The fourth-order valence-electron chi connectivity index (χ4n) is 4.76. The molecule has 0 radical (unpaired) electrons. The third-order valence-electron chi connectivity index (χ3n) is 7.42. The minimum atomic E-state index is -0.580. The van der Waals surface area contributed by atoms with Gasteiger partial charge in [0.15, 0.2) is 11.5 Å². The maximum absolute atomic E-state index is 12.9. The van der Waals surface area contributed by atoms with Gasteiger partial charge in [0, 0.05) is 6.08 Å². The monoisotopic (exact) mass is 630 g/mol. The molecule has 0 saturated heterocycles. The molecule has 0 unspecified atom stereocenters. The van der Waals surface area contributed by atoms with Crippen LogP contribution in [-0.4, -0.2) is 38.2 Å². The Morgan fingerprint density at radius 2 is 1.33 bits per heavy atom. The first-order valence-electron chi connectivity index (χ1n) is 16.1. The van der Waals surface area contributed by atoms with Crippen molar-refractivity contribution >= 4 is 17.9 Å². The van der Waals surface area contributed by atoms with Crippen LogP contribution in [0.2, 0.25) is 0 Å². The van der Waals surface area contributed by atoms with Gasteiger partial charge in [-0.2, -0.15) is 0 Å². The summed E-state index contributed by atoms with van der Waals surface area (Å²) in [6, 6.07) is 17.2. The summed E-state index contributed by atoms with van der Waals surface area (Å²) in [7, 11) is 1.49. The third kappa shape index (κ3) is 12.1. The Hall–Kier alpha value is -4.59. The molecule has 0 spiro atoms. The molecule has 8 heteroatoms. The number of esters is 3. The van der Waals surface area contributed by atoms with E-state index in [0.717, 1.165) is 18.9 Å². The number of carbonyl (C=O) groups is 3. The van der Waals surface area contributed by atoms with E-state index in [1.807, 2.05) is 24.3 Å². The molecule has 46 heavy (non-hydrogen) atoms. The van der Waals surface area contributed by atoms with Crippen molar-refractivity contribution in [1.29, 1.82) is 0 Å². The number of hydrogen-bond acceptors (Lipinski definition) is 8. The van der Waals surface area contributed by atoms with Gasteiger partial charge in [-0.05, 0) is 92.3 Å². The van der Waals surface area contributed by atoms with Crippen LogP contribution < -0.4 is 18.9 Å². The van der Waals surface area contributed by atoms with Gasteiger partial charge in [-0.3, -0.25) is 0 Å². The van der Waals surface area contributed by atoms with Crippen LogP contribution in [0.4, 0.5) is 0 Å². The number of carbonyl (C=O) groups excluding carboxylic acids is 3. The van der Waals surface area contributed by atoms with Crippen molar-refractivity contribution in [2.24, 2.45) is 0 Å². The highest BCUT2D eigenvalue weighted by Gasteiger charge is 2.16. The van der Waals surface area contributed by atoms with Gasteiger partial charge in [0.2, 0.25) is 0 Å². The summed E-state index contributed by atoms with van der Waals surface area (Å²) < 4.78 is 27.3. The van der Waals surface area contributed by atoms with E-state index in [-0.39, 0.29) is 12.2 Å². The van der Waals surface area contributed by atoms with E-state index in [0.29, 0.717) is 53.6 Å². The Balaban J connectivity index is 1.48. The van der Waals surface area contributed by atoms with Crippen molar-refractivity contribution in [3.05, 3.63) is 95.6 Å². The molecular weight excluding hydrogens is 584 g/mol. The zero-order valence-corrected chi connectivity index (χ0v) is 27.3. The first-order valence-corrected chi connectivity index (χ1v) is 16.1. The van der Waals surface area contributed by atoms with Crippen LogP contribution in [-0.2, 0) is 16.0 Å². The highest BCUT2D eigenvalue weighted by atomic mass is 16.5. The summed E-state index contributed by atoms with van der Waals surface area (Å²) >= 11 is 0. The second-order valence-corrected chi connectivity index (χ2v) is 11.1. The van der Waals surface area contributed by atoms with E-state index in [2.05, 4.69) is 13.5 Å². The normalized spacial score (nSPS) is 10.6. The summed E-state index contributed by atoms with van der Waals surface area (Å²) in [6.07, 6.45) is 12.3. The van der Waals surface area contributed by atoms with Crippen LogP contribution in [0.15, 0.2) is 73.3 Å². The fourth-order valence-corrected chi connectivity index (χ4v) is 4.76. The van der Waals surface area contributed by atoms with Crippen molar-refractivity contribution < 1.29 is 38.1 Å². The lowest BCUT2D eigenvalue weighted by molar-refractivity contribution is -0.137. The molecule has 0 saturated carbocycles. The van der Waals surface area contributed by atoms with Crippen molar-refractivity contribution in [3.63, 3.8) is 0 Å². The Morgan fingerprint density at radius 3 is 2.00 bits per heavy atom. The lowest BCUT2D eigenvalue weighted by Gasteiger charge is -2.13. The van der Waals surface area contributed by atoms with Crippen molar-refractivity contribution in [2.75, 3.05) is 20.3 Å². The number of benzene rings is 3. The van der Waals surface area contributed by atoms with E-state index in [4.69, 9.17) is 23.7 Å². The molecule has 8 nitrogen and oxygen atoms in total. The lowest BCUT2D eigenvalue weighted by Crippen LogP contribution is -2.12. The van der Waals surface area contributed by atoms with Crippen LogP contribution in [0.3, 0.4) is 0 Å². The van der Waals surface area contributed by atoms with E-state index in [1.54, 1.807) is 43.3 Å². The molecular formula is C38H46O8. The SMILES string of the molecule is C=CC(=O)OCCCCOc1ccc(C(=O)Oc2ccc(C(=O)Oc3ccc(CCCCCCCCC)cc3)cc2C)cc1OC. The summed E-state index contributed by atoms with van der Waals surface area (Å²) in [5.74, 6) is 0.147. The average Bonchev–Trinajstić information content (AvgIpc) is 3.07. The third-order valence-corrected chi connectivity index (χ3v) is 7.42. The number of hydrogen-bond donors (Lipinski definition) is 0. The highest BCUT2D eigenvalue weighted by Crippen LogP contribution is 2.29. The summed E-state index contributed by atoms with van der Waals surface area (Å²) in [4.78, 5) is 36.8. The van der Waals surface area contributed by atoms with Gasteiger partial charge < -0.3 is 23.7 Å². The molecule has 0 bridgehead atoms. The minimum absolute atomic E-state index is 0.277. The largest absolute Gasteiger partial charge is 0.493 e. The summed E-state index contributed by atoms with van der Waals surface area (Å²) in [5, 5.41) is 0. The van der Waals surface area contributed by atoms with Gasteiger partial charge in [-0.15, -0.1) is 0 Å². The Bertz CT molecular complexity index is 1430. The maximum Gasteiger partial charge on any atom is 0.343 e. The first kappa shape index (κ1) is 35.9. The topological polar surface area (TPSA) is 97.4 Å². The maximum atomic E-state index is 12.9. The van der Waals surface area contributed by atoms with Gasteiger partial charge in [0.25, 0.3) is 0 Å². The second-order valence-electron chi connectivity index (χ2n) is 11.1. The highest BCUT2D eigenvalue weighted by molar-refractivity contribution is 5.93. The molecule has 0 aromatic heterocycles. The Kier molecular flexibility index (Phi) is 15.4. The number of methoxy groups -OCH3 is 1. The predicted molar refractivity (Wildman–Crippen MR) is 178 cm³/mol. The van der Waals surface area contributed by atoms with Crippen LogP contribution in [0.1, 0.15) is 96.6 Å².